The van der Waals surface area contributed by atoms with Crippen molar-refractivity contribution in [2.45, 2.75) is 53.0 Å². The number of aromatic nitrogens is 1. The van der Waals surface area contributed by atoms with Crippen LogP contribution in [0.1, 0.15) is 67.7 Å². The molecule has 0 aliphatic heterocycles. The molecule has 122 valence electrons. The summed E-state index contributed by atoms with van der Waals surface area (Å²) in [5.74, 6) is -0.247. The van der Waals surface area contributed by atoms with Crippen LogP contribution in [-0.2, 0) is 0 Å². The number of rotatable bonds is 8. The summed E-state index contributed by atoms with van der Waals surface area (Å²) in [6.07, 6.45) is 5.71. The van der Waals surface area contributed by atoms with Crippen LogP contribution < -0.4 is 5.32 Å². The molecule has 0 radical (unpaired) electrons. The first-order chi connectivity index (χ1) is 10.5. The van der Waals surface area contributed by atoms with Crippen molar-refractivity contribution in [1.82, 2.24) is 15.2 Å². The van der Waals surface area contributed by atoms with Crippen LogP contribution in [0.4, 0.5) is 0 Å². The molecule has 22 heavy (non-hydrogen) atoms. The molecule has 1 aromatic heterocycles. The Morgan fingerprint density at radius 3 is 2.27 bits per heavy atom. The molecule has 0 aromatic carbocycles. The third-order valence-corrected chi connectivity index (χ3v) is 3.51. The van der Waals surface area contributed by atoms with E-state index >= 15 is 0 Å². The van der Waals surface area contributed by atoms with Crippen molar-refractivity contribution in [2.75, 3.05) is 13.1 Å². The Labute approximate surface area is 133 Å². The lowest BCUT2D eigenvalue weighted by Gasteiger charge is -2.21. The lowest BCUT2D eigenvalue weighted by atomic mass is 10.1. The quantitative estimate of drug-likeness (QED) is 0.803. The van der Waals surface area contributed by atoms with Gasteiger partial charge in [0.2, 0.25) is 0 Å². The predicted molar refractivity (Wildman–Crippen MR) is 87.9 cm³/mol. The molecule has 0 bridgehead atoms. The van der Waals surface area contributed by atoms with Gasteiger partial charge in [0.25, 0.3) is 11.8 Å². The number of carbonyl (C=O) groups excluding carboxylic acids is 2. The minimum Gasteiger partial charge on any atom is -0.350 e. The molecule has 0 aliphatic rings. The maximum Gasteiger partial charge on any atom is 0.255 e. The zero-order chi connectivity index (χ0) is 16.5. The van der Waals surface area contributed by atoms with Gasteiger partial charge in [-0.05, 0) is 32.3 Å². The van der Waals surface area contributed by atoms with Crippen LogP contribution in [0.3, 0.4) is 0 Å². The van der Waals surface area contributed by atoms with Gasteiger partial charge < -0.3 is 10.2 Å². The summed E-state index contributed by atoms with van der Waals surface area (Å²) in [6.45, 7) is 9.49. The first-order valence-electron chi connectivity index (χ1n) is 8.08. The fourth-order valence-electron chi connectivity index (χ4n) is 2.13. The van der Waals surface area contributed by atoms with Crippen LogP contribution in [0.15, 0.2) is 18.5 Å². The van der Waals surface area contributed by atoms with E-state index in [2.05, 4.69) is 10.3 Å². The van der Waals surface area contributed by atoms with Gasteiger partial charge in [-0.1, -0.05) is 20.8 Å². The second-order valence-corrected chi connectivity index (χ2v) is 5.54. The van der Waals surface area contributed by atoms with Crippen molar-refractivity contribution in [3.63, 3.8) is 0 Å². The fourth-order valence-corrected chi connectivity index (χ4v) is 2.13. The molecule has 0 saturated heterocycles. The maximum absolute atomic E-state index is 12.5. The zero-order valence-corrected chi connectivity index (χ0v) is 14.1. The summed E-state index contributed by atoms with van der Waals surface area (Å²) in [7, 11) is 0. The number of carbonyl (C=O) groups is 2. The molecule has 0 spiro atoms. The van der Waals surface area contributed by atoms with Gasteiger partial charge in [-0.2, -0.15) is 0 Å². The highest BCUT2D eigenvalue weighted by Crippen LogP contribution is 2.09. The third-order valence-electron chi connectivity index (χ3n) is 3.51. The molecule has 0 fully saturated rings. The van der Waals surface area contributed by atoms with Crippen LogP contribution in [-0.4, -0.2) is 40.8 Å². The molecule has 0 aliphatic carbocycles. The van der Waals surface area contributed by atoms with Gasteiger partial charge in [0.1, 0.15) is 0 Å². The Hall–Kier alpha value is -1.91. The van der Waals surface area contributed by atoms with Crippen molar-refractivity contribution < 1.29 is 9.59 Å². The molecular weight excluding hydrogens is 278 g/mol. The Morgan fingerprint density at radius 2 is 1.73 bits per heavy atom. The highest BCUT2D eigenvalue weighted by molar-refractivity contribution is 5.99. The maximum atomic E-state index is 12.5. The number of hydrogen-bond donors (Lipinski definition) is 1. The summed E-state index contributed by atoms with van der Waals surface area (Å²) >= 11 is 0. The minimum absolute atomic E-state index is 0.0608. The molecule has 1 N–H and O–H groups in total. The first-order valence-corrected chi connectivity index (χ1v) is 8.08. The van der Waals surface area contributed by atoms with Gasteiger partial charge in [0.05, 0.1) is 11.1 Å². The molecule has 5 heteroatoms. The van der Waals surface area contributed by atoms with Gasteiger partial charge in [-0.3, -0.25) is 14.6 Å². The molecule has 1 atom stereocenters. The number of pyridine rings is 1. The number of amides is 2. The topological polar surface area (TPSA) is 62.3 Å². The van der Waals surface area contributed by atoms with Gasteiger partial charge in [0, 0.05) is 31.5 Å². The van der Waals surface area contributed by atoms with E-state index in [0.29, 0.717) is 11.1 Å². The standard InChI is InChI=1S/C17H27N3O2/c1-5-8-20(9-6-2)17(22)15-10-14(11-18-12-15)16(21)19-13(4)7-3/h10-13H,5-9H2,1-4H3,(H,19,21). The van der Waals surface area contributed by atoms with E-state index < -0.39 is 0 Å². The molecule has 1 unspecified atom stereocenters. The van der Waals surface area contributed by atoms with E-state index in [1.165, 1.54) is 12.4 Å². The lowest BCUT2D eigenvalue weighted by Crippen LogP contribution is -2.34. The van der Waals surface area contributed by atoms with Gasteiger partial charge in [0.15, 0.2) is 0 Å². The van der Waals surface area contributed by atoms with E-state index in [0.717, 1.165) is 32.4 Å². The Kier molecular flexibility index (Phi) is 7.57. The summed E-state index contributed by atoms with van der Waals surface area (Å²) in [6, 6.07) is 1.73. The largest absolute Gasteiger partial charge is 0.350 e. The second kappa shape index (κ2) is 9.18. The highest BCUT2D eigenvalue weighted by atomic mass is 16.2. The third kappa shape index (κ3) is 5.13. The smallest absolute Gasteiger partial charge is 0.255 e. The SMILES string of the molecule is CCCN(CCC)C(=O)c1cncc(C(=O)NC(C)CC)c1. The average molecular weight is 305 g/mol. The highest BCUT2D eigenvalue weighted by Gasteiger charge is 2.17. The van der Waals surface area contributed by atoms with E-state index in [4.69, 9.17) is 0 Å². The predicted octanol–water partition coefficient (Wildman–Crippen LogP) is 2.87. The number of nitrogens with one attached hydrogen (secondary N) is 1. The molecule has 2 amide bonds. The minimum atomic E-state index is -0.186. The van der Waals surface area contributed by atoms with Crippen molar-refractivity contribution in [3.05, 3.63) is 29.6 Å². The lowest BCUT2D eigenvalue weighted by molar-refractivity contribution is 0.0755. The van der Waals surface area contributed by atoms with Crippen LogP contribution in [0.5, 0.6) is 0 Å². The summed E-state index contributed by atoms with van der Waals surface area (Å²) < 4.78 is 0. The van der Waals surface area contributed by atoms with Crippen molar-refractivity contribution in [1.29, 1.82) is 0 Å². The van der Waals surface area contributed by atoms with Crippen molar-refractivity contribution in [2.24, 2.45) is 0 Å². The monoisotopic (exact) mass is 305 g/mol. The zero-order valence-electron chi connectivity index (χ0n) is 14.1. The van der Waals surface area contributed by atoms with Crippen LogP contribution >= 0.6 is 0 Å². The fraction of sp³-hybridized carbons (Fsp3) is 0.588. The van der Waals surface area contributed by atoms with Crippen molar-refractivity contribution >= 4 is 11.8 Å². The van der Waals surface area contributed by atoms with Gasteiger partial charge >= 0.3 is 0 Å². The molecule has 1 heterocycles. The molecule has 1 rings (SSSR count). The summed E-state index contributed by atoms with van der Waals surface area (Å²) in [5.41, 5.74) is 0.901. The van der Waals surface area contributed by atoms with Gasteiger partial charge in [-0.15, -0.1) is 0 Å². The molecular formula is C17H27N3O2. The van der Waals surface area contributed by atoms with Crippen LogP contribution in [0, 0.1) is 0 Å². The molecule has 5 nitrogen and oxygen atoms in total. The second-order valence-electron chi connectivity index (χ2n) is 5.54. The number of hydrogen-bond acceptors (Lipinski definition) is 3. The summed E-state index contributed by atoms with van der Waals surface area (Å²) in [5, 5.41) is 2.89. The molecule has 1 aromatic rings. The summed E-state index contributed by atoms with van der Waals surface area (Å²) in [4.78, 5) is 30.5. The molecule has 0 saturated carbocycles. The van der Waals surface area contributed by atoms with E-state index in [1.54, 1.807) is 6.07 Å². The Balaban J connectivity index is 2.90. The van der Waals surface area contributed by atoms with Crippen LogP contribution in [0.25, 0.3) is 0 Å². The first kappa shape index (κ1) is 18.1. The number of nitrogens with zero attached hydrogens (tertiary/aromatic N) is 2. The van der Waals surface area contributed by atoms with Gasteiger partial charge in [-0.25, -0.2) is 0 Å². The normalized spacial score (nSPS) is 11.8. The van der Waals surface area contributed by atoms with E-state index in [1.807, 2.05) is 32.6 Å². The Morgan fingerprint density at radius 1 is 1.14 bits per heavy atom. The van der Waals surface area contributed by atoms with E-state index in [-0.39, 0.29) is 17.9 Å². The Bertz CT molecular complexity index is 496. The van der Waals surface area contributed by atoms with Crippen LogP contribution in [0.2, 0.25) is 0 Å². The average Bonchev–Trinajstić information content (AvgIpc) is 2.53. The van der Waals surface area contributed by atoms with Crippen molar-refractivity contribution in [3.8, 4) is 0 Å². The van der Waals surface area contributed by atoms with E-state index in [9.17, 15) is 9.59 Å².